The van der Waals surface area contributed by atoms with Crippen LogP contribution in [0.4, 0.5) is 13.2 Å². The van der Waals surface area contributed by atoms with Gasteiger partial charge >= 0.3 is 6.18 Å². The van der Waals surface area contributed by atoms with Gasteiger partial charge in [-0.1, -0.05) is 47.6 Å². The normalized spacial score (nSPS) is 12.6. The van der Waals surface area contributed by atoms with Gasteiger partial charge in [-0.3, -0.25) is 4.79 Å². The van der Waals surface area contributed by atoms with Crippen LogP contribution in [0.5, 0.6) is 0 Å². The number of halogens is 3. The minimum atomic E-state index is -4.49. The average molecular weight is 374 g/mol. The van der Waals surface area contributed by atoms with Crippen molar-refractivity contribution in [1.82, 2.24) is 10.5 Å². The van der Waals surface area contributed by atoms with Crippen molar-refractivity contribution < 1.29 is 22.5 Å². The lowest BCUT2D eigenvalue weighted by molar-refractivity contribution is -0.137. The summed E-state index contributed by atoms with van der Waals surface area (Å²) in [6, 6.07) is 13.7. The summed E-state index contributed by atoms with van der Waals surface area (Å²) in [6.45, 7) is 3.39. The maximum absolute atomic E-state index is 13.0. The monoisotopic (exact) mass is 374 g/mol. The number of rotatable bonds is 4. The quantitative estimate of drug-likeness (QED) is 0.686. The molecule has 0 spiro atoms. The number of nitrogens with one attached hydrogen (secondary N) is 1. The summed E-state index contributed by atoms with van der Waals surface area (Å²) in [5.74, 6) is -0.450. The van der Waals surface area contributed by atoms with Gasteiger partial charge in [0.25, 0.3) is 5.91 Å². The molecule has 1 unspecified atom stereocenters. The topological polar surface area (TPSA) is 55.1 Å². The van der Waals surface area contributed by atoms with Crippen LogP contribution >= 0.6 is 0 Å². The molecular formula is C20H17F3N2O2. The van der Waals surface area contributed by atoms with Gasteiger partial charge < -0.3 is 9.84 Å². The number of hydrogen-bond donors (Lipinski definition) is 1. The Balaban J connectivity index is 1.92. The molecule has 1 atom stereocenters. The molecule has 2 aromatic carbocycles. The molecule has 0 aliphatic heterocycles. The van der Waals surface area contributed by atoms with Gasteiger partial charge in [0.1, 0.15) is 5.56 Å². The van der Waals surface area contributed by atoms with Crippen molar-refractivity contribution >= 4 is 5.91 Å². The Bertz CT molecular complexity index is 949. The zero-order chi connectivity index (χ0) is 19.6. The number of alkyl halides is 3. The van der Waals surface area contributed by atoms with Crippen molar-refractivity contribution in [3.05, 3.63) is 77.0 Å². The van der Waals surface area contributed by atoms with Crippen LogP contribution in [0.1, 0.15) is 40.1 Å². The van der Waals surface area contributed by atoms with Crippen molar-refractivity contribution in [3.8, 4) is 11.3 Å². The number of hydrogen-bond acceptors (Lipinski definition) is 3. The number of benzene rings is 2. The first-order valence-electron chi connectivity index (χ1n) is 8.27. The van der Waals surface area contributed by atoms with E-state index in [0.717, 1.165) is 17.7 Å². The number of aryl methyl sites for hydroxylation is 1. The fraction of sp³-hybridized carbons (Fsp3) is 0.200. The molecule has 1 aromatic heterocycles. The number of nitrogens with zero attached hydrogens (tertiary/aromatic N) is 1. The Morgan fingerprint density at radius 3 is 2.48 bits per heavy atom. The van der Waals surface area contributed by atoms with Crippen LogP contribution in [0.15, 0.2) is 59.1 Å². The van der Waals surface area contributed by atoms with E-state index in [-0.39, 0.29) is 22.9 Å². The number of carbonyl (C=O) groups excluding carboxylic acids is 1. The van der Waals surface area contributed by atoms with Gasteiger partial charge in [-0.15, -0.1) is 0 Å². The highest BCUT2D eigenvalue weighted by Gasteiger charge is 2.31. The average Bonchev–Trinajstić information content (AvgIpc) is 3.03. The Morgan fingerprint density at radius 1 is 1.11 bits per heavy atom. The van der Waals surface area contributed by atoms with Gasteiger partial charge in [-0.2, -0.15) is 13.2 Å². The van der Waals surface area contributed by atoms with Crippen LogP contribution in [0.3, 0.4) is 0 Å². The van der Waals surface area contributed by atoms with E-state index < -0.39 is 17.6 Å². The summed E-state index contributed by atoms with van der Waals surface area (Å²) >= 11 is 0. The smallest absolute Gasteiger partial charge is 0.355 e. The van der Waals surface area contributed by atoms with E-state index in [4.69, 9.17) is 4.52 Å². The molecule has 0 saturated carbocycles. The summed E-state index contributed by atoms with van der Waals surface area (Å²) in [5, 5.41) is 6.60. The highest BCUT2D eigenvalue weighted by Crippen LogP contribution is 2.34. The molecule has 7 heteroatoms. The third-order valence-corrected chi connectivity index (χ3v) is 4.19. The van der Waals surface area contributed by atoms with E-state index in [2.05, 4.69) is 10.5 Å². The first-order valence-corrected chi connectivity index (χ1v) is 8.27. The molecule has 4 nitrogen and oxygen atoms in total. The van der Waals surface area contributed by atoms with Gasteiger partial charge in [-0.25, -0.2) is 0 Å². The molecule has 3 aromatic rings. The van der Waals surface area contributed by atoms with Crippen molar-refractivity contribution in [1.29, 1.82) is 0 Å². The minimum Gasteiger partial charge on any atom is -0.355 e. The highest BCUT2D eigenvalue weighted by atomic mass is 19.4. The van der Waals surface area contributed by atoms with Gasteiger partial charge in [0.2, 0.25) is 0 Å². The van der Waals surface area contributed by atoms with Gasteiger partial charge in [0, 0.05) is 5.56 Å². The van der Waals surface area contributed by atoms with Crippen LogP contribution < -0.4 is 5.32 Å². The van der Waals surface area contributed by atoms with E-state index >= 15 is 0 Å². The first kappa shape index (κ1) is 18.7. The second-order valence-corrected chi connectivity index (χ2v) is 6.16. The van der Waals surface area contributed by atoms with E-state index in [1.54, 1.807) is 6.92 Å². The van der Waals surface area contributed by atoms with E-state index in [1.807, 2.05) is 37.3 Å². The van der Waals surface area contributed by atoms with Gasteiger partial charge in [0.15, 0.2) is 5.76 Å². The third kappa shape index (κ3) is 4.02. The van der Waals surface area contributed by atoms with Crippen molar-refractivity contribution in [3.63, 3.8) is 0 Å². The molecule has 1 heterocycles. The lowest BCUT2D eigenvalue weighted by Gasteiger charge is -2.14. The maximum Gasteiger partial charge on any atom is 0.416 e. The lowest BCUT2D eigenvalue weighted by Crippen LogP contribution is -2.27. The summed E-state index contributed by atoms with van der Waals surface area (Å²) in [7, 11) is 0. The van der Waals surface area contributed by atoms with Crippen LogP contribution in [-0.4, -0.2) is 11.1 Å². The highest BCUT2D eigenvalue weighted by molar-refractivity contribution is 6.00. The molecule has 3 rings (SSSR count). The second kappa shape index (κ2) is 7.26. The van der Waals surface area contributed by atoms with Crippen LogP contribution in [-0.2, 0) is 6.18 Å². The van der Waals surface area contributed by atoms with Gasteiger partial charge in [0.05, 0.1) is 17.3 Å². The fourth-order valence-electron chi connectivity index (χ4n) is 2.76. The third-order valence-electron chi connectivity index (χ3n) is 4.19. The fourth-order valence-corrected chi connectivity index (χ4v) is 2.76. The standard InChI is InChI=1S/C20H17F3N2O2/c1-12(14-7-4-3-5-8-14)24-19(26)17-13(2)25-27-18(17)15-9-6-10-16(11-15)20(21,22)23/h3-12H,1-2H3,(H,24,26). The first-order chi connectivity index (χ1) is 12.8. The van der Waals surface area contributed by atoms with Crippen molar-refractivity contribution in [2.45, 2.75) is 26.1 Å². The molecule has 0 radical (unpaired) electrons. The zero-order valence-electron chi connectivity index (χ0n) is 14.7. The summed E-state index contributed by atoms with van der Waals surface area (Å²) in [5.41, 5.74) is 0.652. The molecular weight excluding hydrogens is 357 g/mol. The molecule has 140 valence electrons. The molecule has 0 aliphatic carbocycles. The minimum absolute atomic E-state index is 0.0105. The number of carbonyl (C=O) groups is 1. The molecule has 1 amide bonds. The Labute approximate surface area is 154 Å². The maximum atomic E-state index is 13.0. The van der Waals surface area contributed by atoms with Gasteiger partial charge in [-0.05, 0) is 31.5 Å². The van der Waals surface area contributed by atoms with Crippen molar-refractivity contribution in [2.75, 3.05) is 0 Å². The predicted molar refractivity (Wildman–Crippen MR) is 94.0 cm³/mol. The Morgan fingerprint density at radius 2 is 1.81 bits per heavy atom. The second-order valence-electron chi connectivity index (χ2n) is 6.16. The molecule has 0 saturated heterocycles. The predicted octanol–water partition coefficient (Wildman–Crippen LogP) is 5.16. The van der Waals surface area contributed by atoms with Crippen LogP contribution in [0, 0.1) is 6.92 Å². The molecule has 0 fully saturated rings. The molecule has 0 aliphatic rings. The van der Waals surface area contributed by atoms with Crippen molar-refractivity contribution in [2.24, 2.45) is 0 Å². The summed E-state index contributed by atoms with van der Waals surface area (Å²) in [6.07, 6.45) is -4.49. The Hall–Kier alpha value is -3.09. The number of aromatic nitrogens is 1. The molecule has 0 bridgehead atoms. The van der Waals surface area contributed by atoms with E-state index in [1.165, 1.54) is 12.1 Å². The largest absolute Gasteiger partial charge is 0.416 e. The lowest BCUT2D eigenvalue weighted by atomic mass is 10.0. The summed E-state index contributed by atoms with van der Waals surface area (Å²) in [4.78, 5) is 12.8. The molecule has 27 heavy (non-hydrogen) atoms. The zero-order valence-corrected chi connectivity index (χ0v) is 14.7. The molecule has 1 N–H and O–H groups in total. The van der Waals surface area contributed by atoms with E-state index in [9.17, 15) is 18.0 Å². The van der Waals surface area contributed by atoms with Crippen LogP contribution in [0.2, 0.25) is 0 Å². The Kier molecular flexibility index (Phi) is 5.03. The van der Waals surface area contributed by atoms with Crippen LogP contribution in [0.25, 0.3) is 11.3 Å². The summed E-state index contributed by atoms with van der Waals surface area (Å²) < 4.78 is 44.1. The SMILES string of the molecule is Cc1noc(-c2cccc(C(F)(F)F)c2)c1C(=O)NC(C)c1ccccc1. The van der Waals surface area contributed by atoms with E-state index in [0.29, 0.717) is 5.69 Å². The number of amides is 1.